The third-order valence-corrected chi connectivity index (χ3v) is 3.73. The molecular formula is C16H19BrFNO2. The molecule has 2 rings (SSSR count). The first kappa shape index (κ1) is 16.0. The van der Waals surface area contributed by atoms with Crippen LogP contribution in [0.25, 0.3) is 0 Å². The van der Waals surface area contributed by atoms with E-state index in [1.54, 1.807) is 12.1 Å². The molecule has 0 spiro atoms. The largest absolute Gasteiger partial charge is 0.489 e. The van der Waals surface area contributed by atoms with E-state index in [-0.39, 0.29) is 5.82 Å². The molecular weight excluding hydrogens is 337 g/mol. The molecule has 1 aromatic heterocycles. The summed E-state index contributed by atoms with van der Waals surface area (Å²) in [6.45, 7) is 6.07. The van der Waals surface area contributed by atoms with Crippen molar-refractivity contribution in [3.8, 4) is 5.75 Å². The highest BCUT2D eigenvalue weighted by Gasteiger charge is 2.09. The van der Waals surface area contributed by atoms with Crippen LogP contribution < -0.4 is 10.1 Å². The Morgan fingerprint density at radius 1 is 1.33 bits per heavy atom. The van der Waals surface area contributed by atoms with Crippen LogP contribution in [0.1, 0.15) is 30.4 Å². The summed E-state index contributed by atoms with van der Waals surface area (Å²) in [7, 11) is 0. The van der Waals surface area contributed by atoms with Gasteiger partial charge in [0.2, 0.25) is 0 Å². The quantitative estimate of drug-likeness (QED) is 0.738. The van der Waals surface area contributed by atoms with Crippen molar-refractivity contribution in [1.82, 2.24) is 5.32 Å². The van der Waals surface area contributed by atoms with Crippen LogP contribution in [-0.2, 0) is 13.2 Å². The lowest BCUT2D eigenvalue weighted by atomic mass is 10.2. The molecule has 0 aliphatic heterocycles. The van der Waals surface area contributed by atoms with Crippen molar-refractivity contribution in [2.75, 3.05) is 6.54 Å². The van der Waals surface area contributed by atoms with E-state index in [0.29, 0.717) is 23.4 Å². The molecule has 1 heterocycles. The molecule has 0 saturated heterocycles. The first-order valence-corrected chi connectivity index (χ1v) is 7.76. The van der Waals surface area contributed by atoms with Gasteiger partial charge in [0.15, 0.2) is 0 Å². The van der Waals surface area contributed by atoms with E-state index in [0.717, 1.165) is 30.0 Å². The lowest BCUT2D eigenvalue weighted by Gasteiger charge is -2.05. The van der Waals surface area contributed by atoms with Crippen molar-refractivity contribution >= 4 is 15.9 Å². The van der Waals surface area contributed by atoms with Gasteiger partial charge in [0.1, 0.15) is 29.7 Å². The Kier molecular flexibility index (Phi) is 5.82. The number of benzene rings is 1. The highest BCUT2D eigenvalue weighted by atomic mass is 79.9. The number of rotatable bonds is 7. The maximum absolute atomic E-state index is 13.4. The van der Waals surface area contributed by atoms with Crippen LogP contribution >= 0.6 is 15.9 Å². The maximum Gasteiger partial charge on any atom is 0.141 e. The minimum Gasteiger partial charge on any atom is -0.489 e. The normalized spacial score (nSPS) is 10.9. The van der Waals surface area contributed by atoms with E-state index in [9.17, 15) is 4.39 Å². The predicted molar refractivity (Wildman–Crippen MR) is 83.9 cm³/mol. The highest BCUT2D eigenvalue weighted by molar-refractivity contribution is 9.10. The van der Waals surface area contributed by atoms with Crippen LogP contribution in [0.15, 0.2) is 33.2 Å². The average molecular weight is 356 g/mol. The molecule has 0 unspecified atom stereocenters. The summed E-state index contributed by atoms with van der Waals surface area (Å²) in [4.78, 5) is 0. The number of aryl methyl sites for hydroxylation is 1. The molecule has 1 N–H and O–H groups in total. The Balaban J connectivity index is 1.94. The van der Waals surface area contributed by atoms with Crippen LogP contribution in [-0.4, -0.2) is 6.54 Å². The third kappa shape index (κ3) is 4.58. The summed E-state index contributed by atoms with van der Waals surface area (Å²) < 4.78 is 25.1. The summed E-state index contributed by atoms with van der Waals surface area (Å²) in [5, 5.41) is 3.29. The van der Waals surface area contributed by atoms with Gasteiger partial charge in [-0.3, -0.25) is 0 Å². The van der Waals surface area contributed by atoms with Crippen LogP contribution in [0, 0.1) is 12.7 Å². The van der Waals surface area contributed by atoms with Gasteiger partial charge in [0, 0.05) is 11.6 Å². The second kappa shape index (κ2) is 7.61. The number of halogens is 2. The van der Waals surface area contributed by atoms with Crippen LogP contribution in [0.5, 0.6) is 5.75 Å². The molecule has 5 heteroatoms. The van der Waals surface area contributed by atoms with Crippen molar-refractivity contribution in [3.63, 3.8) is 0 Å². The van der Waals surface area contributed by atoms with Gasteiger partial charge < -0.3 is 14.5 Å². The second-order valence-corrected chi connectivity index (χ2v) is 5.69. The van der Waals surface area contributed by atoms with Crippen LogP contribution in [0.3, 0.4) is 0 Å². The molecule has 0 saturated carbocycles. The summed E-state index contributed by atoms with van der Waals surface area (Å²) in [5.41, 5.74) is 0.978. The molecule has 21 heavy (non-hydrogen) atoms. The monoisotopic (exact) mass is 355 g/mol. The lowest BCUT2D eigenvalue weighted by molar-refractivity contribution is 0.301. The number of hydrogen-bond acceptors (Lipinski definition) is 3. The molecule has 0 radical (unpaired) electrons. The standard InChI is InChI=1S/C16H19BrFNO2/c1-3-6-19-9-14-7-12(11(2)21-14)10-20-13-4-5-15(17)16(18)8-13/h4-5,7-8,19H,3,6,9-10H2,1-2H3. The molecule has 0 aliphatic rings. The van der Waals surface area contributed by atoms with Crippen molar-refractivity contribution < 1.29 is 13.5 Å². The fourth-order valence-corrected chi connectivity index (χ4v) is 2.18. The van der Waals surface area contributed by atoms with Crippen molar-refractivity contribution in [3.05, 3.63) is 51.6 Å². The Morgan fingerprint density at radius 3 is 2.86 bits per heavy atom. The highest BCUT2D eigenvalue weighted by Crippen LogP contribution is 2.23. The fraction of sp³-hybridized carbons (Fsp3) is 0.375. The van der Waals surface area contributed by atoms with E-state index < -0.39 is 0 Å². The minimum atomic E-state index is -0.333. The first-order valence-electron chi connectivity index (χ1n) is 6.97. The van der Waals surface area contributed by atoms with E-state index >= 15 is 0 Å². The van der Waals surface area contributed by atoms with Crippen LogP contribution in [0.2, 0.25) is 0 Å². The number of hydrogen-bond donors (Lipinski definition) is 1. The third-order valence-electron chi connectivity index (χ3n) is 3.08. The number of ether oxygens (including phenoxy) is 1. The zero-order valence-corrected chi connectivity index (χ0v) is 13.8. The molecule has 114 valence electrons. The molecule has 3 nitrogen and oxygen atoms in total. The van der Waals surface area contributed by atoms with E-state index in [1.165, 1.54) is 6.07 Å². The van der Waals surface area contributed by atoms with E-state index in [4.69, 9.17) is 9.15 Å². The SMILES string of the molecule is CCCNCc1cc(COc2ccc(Br)c(F)c2)c(C)o1. The Bertz CT molecular complexity index is 598. The molecule has 1 aromatic carbocycles. The van der Waals surface area contributed by atoms with Gasteiger partial charge in [0.25, 0.3) is 0 Å². The molecule has 2 aromatic rings. The predicted octanol–water partition coefficient (Wildman–Crippen LogP) is 4.57. The average Bonchev–Trinajstić information content (AvgIpc) is 2.81. The zero-order chi connectivity index (χ0) is 15.2. The van der Waals surface area contributed by atoms with Crippen molar-refractivity contribution in [1.29, 1.82) is 0 Å². The Morgan fingerprint density at radius 2 is 2.14 bits per heavy atom. The maximum atomic E-state index is 13.4. The van der Waals surface area contributed by atoms with Gasteiger partial charge in [0.05, 0.1) is 11.0 Å². The Labute approximate surface area is 132 Å². The van der Waals surface area contributed by atoms with Crippen molar-refractivity contribution in [2.45, 2.75) is 33.4 Å². The van der Waals surface area contributed by atoms with Crippen LogP contribution in [0.4, 0.5) is 4.39 Å². The van der Waals surface area contributed by atoms with Gasteiger partial charge >= 0.3 is 0 Å². The summed E-state index contributed by atoms with van der Waals surface area (Å²) >= 11 is 3.12. The molecule has 0 aliphatic carbocycles. The van der Waals surface area contributed by atoms with Crippen molar-refractivity contribution in [2.24, 2.45) is 0 Å². The molecule has 0 atom stereocenters. The molecule has 0 bridgehead atoms. The van der Waals surface area contributed by atoms with Gasteiger partial charge in [-0.25, -0.2) is 4.39 Å². The topological polar surface area (TPSA) is 34.4 Å². The summed E-state index contributed by atoms with van der Waals surface area (Å²) in [6.07, 6.45) is 1.09. The van der Waals surface area contributed by atoms with Gasteiger partial charge in [-0.15, -0.1) is 0 Å². The summed E-state index contributed by atoms with van der Waals surface area (Å²) in [6, 6.07) is 6.70. The zero-order valence-electron chi connectivity index (χ0n) is 12.2. The van der Waals surface area contributed by atoms with Gasteiger partial charge in [-0.2, -0.15) is 0 Å². The number of furan rings is 1. The number of nitrogens with one attached hydrogen (secondary N) is 1. The van der Waals surface area contributed by atoms with E-state index in [1.807, 2.05) is 13.0 Å². The molecule has 0 fully saturated rings. The lowest BCUT2D eigenvalue weighted by Crippen LogP contribution is -2.13. The first-order chi connectivity index (χ1) is 10.1. The van der Waals surface area contributed by atoms with Gasteiger partial charge in [-0.05, 0) is 54.0 Å². The minimum absolute atomic E-state index is 0.333. The fourth-order valence-electron chi connectivity index (χ4n) is 1.93. The van der Waals surface area contributed by atoms with E-state index in [2.05, 4.69) is 28.2 Å². The smallest absolute Gasteiger partial charge is 0.141 e. The summed E-state index contributed by atoms with van der Waals surface area (Å²) in [5.74, 6) is 1.89. The van der Waals surface area contributed by atoms with Gasteiger partial charge in [-0.1, -0.05) is 6.92 Å². The Hall–Kier alpha value is -1.33. The second-order valence-electron chi connectivity index (χ2n) is 4.84. The molecule has 0 amide bonds.